The van der Waals surface area contributed by atoms with Crippen molar-refractivity contribution in [3.05, 3.63) is 77.0 Å². The van der Waals surface area contributed by atoms with E-state index in [1.54, 1.807) is 30.5 Å². The predicted molar refractivity (Wildman–Crippen MR) is 109 cm³/mol. The van der Waals surface area contributed by atoms with Gasteiger partial charge in [0.15, 0.2) is 0 Å². The maximum absolute atomic E-state index is 12.8. The maximum atomic E-state index is 12.8. The molecule has 6 heteroatoms. The van der Waals surface area contributed by atoms with Crippen LogP contribution in [-0.4, -0.2) is 22.9 Å². The van der Waals surface area contributed by atoms with Crippen molar-refractivity contribution in [2.24, 2.45) is 0 Å². The number of anilines is 1. The first-order valence-corrected chi connectivity index (χ1v) is 9.38. The quantitative estimate of drug-likeness (QED) is 0.648. The van der Waals surface area contributed by atoms with Crippen molar-refractivity contribution >= 4 is 17.5 Å². The average molecular weight is 379 g/mol. The van der Waals surface area contributed by atoms with Gasteiger partial charge in [-0.2, -0.15) is 0 Å². The summed E-state index contributed by atoms with van der Waals surface area (Å²) in [7, 11) is 0. The lowest BCUT2D eigenvalue weighted by atomic mass is 10.1. The molecule has 2 heterocycles. The SMILES string of the molecule is CCCNC(=O)c1cccc(NC(=O)c2cc(C)n(Cc3ccco3)c2C)c1. The van der Waals surface area contributed by atoms with Crippen LogP contribution in [0.4, 0.5) is 5.69 Å². The smallest absolute Gasteiger partial charge is 0.257 e. The molecule has 0 radical (unpaired) electrons. The highest BCUT2D eigenvalue weighted by molar-refractivity contribution is 6.06. The van der Waals surface area contributed by atoms with Gasteiger partial charge in [-0.05, 0) is 56.7 Å². The Bertz CT molecular complexity index is 971. The number of hydrogen-bond donors (Lipinski definition) is 2. The molecule has 28 heavy (non-hydrogen) atoms. The van der Waals surface area contributed by atoms with Crippen molar-refractivity contribution in [1.29, 1.82) is 0 Å². The van der Waals surface area contributed by atoms with E-state index in [0.29, 0.717) is 29.9 Å². The second-order valence-electron chi connectivity index (χ2n) is 6.74. The number of nitrogens with one attached hydrogen (secondary N) is 2. The number of benzene rings is 1. The number of aryl methyl sites for hydroxylation is 1. The summed E-state index contributed by atoms with van der Waals surface area (Å²) >= 11 is 0. The lowest BCUT2D eigenvalue weighted by molar-refractivity contribution is 0.0952. The summed E-state index contributed by atoms with van der Waals surface area (Å²) in [6.45, 7) is 7.08. The molecule has 0 fully saturated rings. The summed E-state index contributed by atoms with van der Waals surface area (Å²) in [5.41, 5.74) is 3.56. The lowest BCUT2D eigenvalue weighted by Crippen LogP contribution is -2.24. The van der Waals surface area contributed by atoms with Crippen LogP contribution >= 0.6 is 0 Å². The fraction of sp³-hybridized carbons (Fsp3) is 0.273. The van der Waals surface area contributed by atoms with Crippen LogP contribution in [0.2, 0.25) is 0 Å². The van der Waals surface area contributed by atoms with Gasteiger partial charge in [0.1, 0.15) is 5.76 Å². The summed E-state index contributed by atoms with van der Waals surface area (Å²) in [5, 5.41) is 5.73. The number of carbonyl (C=O) groups excluding carboxylic acids is 2. The van der Waals surface area contributed by atoms with Gasteiger partial charge in [-0.3, -0.25) is 9.59 Å². The van der Waals surface area contributed by atoms with Gasteiger partial charge in [0.25, 0.3) is 11.8 Å². The maximum Gasteiger partial charge on any atom is 0.257 e. The molecule has 2 amide bonds. The molecular formula is C22H25N3O3. The molecule has 0 saturated carbocycles. The molecule has 0 bridgehead atoms. The number of rotatable bonds is 7. The Hall–Kier alpha value is -3.28. The Morgan fingerprint density at radius 1 is 1.07 bits per heavy atom. The second-order valence-corrected chi connectivity index (χ2v) is 6.74. The van der Waals surface area contributed by atoms with Gasteiger partial charge in [0.05, 0.1) is 18.4 Å². The van der Waals surface area contributed by atoms with E-state index < -0.39 is 0 Å². The zero-order valence-electron chi connectivity index (χ0n) is 16.4. The Morgan fingerprint density at radius 3 is 2.61 bits per heavy atom. The van der Waals surface area contributed by atoms with Crippen molar-refractivity contribution in [2.45, 2.75) is 33.7 Å². The molecule has 3 rings (SSSR count). The van der Waals surface area contributed by atoms with Crippen LogP contribution in [0, 0.1) is 13.8 Å². The van der Waals surface area contributed by atoms with E-state index in [4.69, 9.17) is 4.42 Å². The van der Waals surface area contributed by atoms with Crippen molar-refractivity contribution in [1.82, 2.24) is 9.88 Å². The largest absolute Gasteiger partial charge is 0.467 e. The minimum absolute atomic E-state index is 0.144. The highest BCUT2D eigenvalue weighted by atomic mass is 16.3. The molecule has 146 valence electrons. The first kappa shape index (κ1) is 19.5. The molecular weight excluding hydrogens is 354 g/mol. The van der Waals surface area contributed by atoms with Crippen LogP contribution < -0.4 is 10.6 Å². The Labute approximate surface area is 164 Å². The number of nitrogens with zero attached hydrogens (tertiary/aromatic N) is 1. The molecule has 2 N–H and O–H groups in total. The van der Waals surface area contributed by atoms with Crippen LogP contribution in [0.1, 0.15) is 51.2 Å². The van der Waals surface area contributed by atoms with E-state index in [-0.39, 0.29) is 11.8 Å². The zero-order chi connectivity index (χ0) is 20.1. The van der Waals surface area contributed by atoms with Crippen LogP contribution in [-0.2, 0) is 6.54 Å². The van der Waals surface area contributed by atoms with Gasteiger partial charge in [0, 0.05) is 29.2 Å². The zero-order valence-corrected chi connectivity index (χ0v) is 16.4. The molecule has 0 spiro atoms. The molecule has 3 aromatic rings. The highest BCUT2D eigenvalue weighted by Crippen LogP contribution is 2.19. The van der Waals surface area contributed by atoms with Gasteiger partial charge in [0.2, 0.25) is 0 Å². The molecule has 0 atom stereocenters. The fourth-order valence-corrected chi connectivity index (χ4v) is 3.11. The van der Waals surface area contributed by atoms with Crippen molar-refractivity contribution in [3.8, 4) is 0 Å². The standard InChI is InChI=1S/C22H25N3O3/c1-4-10-23-21(26)17-7-5-8-18(13-17)24-22(27)20-12-15(2)25(16(20)3)14-19-9-6-11-28-19/h5-9,11-13H,4,10,14H2,1-3H3,(H,23,26)(H,24,27). The Morgan fingerprint density at radius 2 is 1.89 bits per heavy atom. The van der Waals surface area contributed by atoms with Crippen LogP contribution in [0.3, 0.4) is 0 Å². The number of aromatic nitrogens is 1. The van der Waals surface area contributed by atoms with Crippen molar-refractivity contribution < 1.29 is 14.0 Å². The topological polar surface area (TPSA) is 76.3 Å². The van der Waals surface area contributed by atoms with Gasteiger partial charge in [-0.1, -0.05) is 13.0 Å². The summed E-state index contributed by atoms with van der Waals surface area (Å²) in [5.74, 6) is 0.485. The van der Waals surface area contributed by atoms with Crippen LogP contribution in [0.5, 0.6) is 0 Å². The third-order valence-corrected chi connectivity index (χ3v) is 4.63. The molecule has 0 saturated heterocycles. The molecule has 0 unspecified atom stereocenters. The number of carbonyl (C=O) groups is 2. The Kier molecular flexibility index (Phi) is 5.99. The van der Waals surface area contributed by atoms with E-state index in [1.807, 2.05) is 43.5 Å². The number of hydrogen-bond acceptors (Lipinski definition) is 3. The van der Waals surface area contributed by atoms with Gasteiger partial charge in [-0.25, -0.2) is 0 Å². The lowest BCUT2D eigenvalue weighted by Gasteiger charge is -2.09. The highest BCUT2D eigenvalue weighted by Gasteiger charge is 2.17. The van der Waals surface area contributed by atoms with Gasteiger partial charge < -0.3 is 19.6 Å². The number of amides is 2. The van der Waals surface area contributed by atoms with Crippen molar-refractivity contribution in [2.75, 3.05) is 11.9 Å². The summed E-state index contributed by atoms with van der Waals surface area (Å²) in [6, 6.07) is 12.6. The summed E-state index contributed by atoms with van der Waals surface area (Å²) in [6.07, 6.45) is 2.51. The van der Waals surface area contributed by atoms with Gasteiger partial charge >= 0.3 is 0 Å². The fourth-order valence-electron chi connectivity index (χ4n) is 3.11. The monoisotopic (exact) mass is 379 g/mol. The number of furan rings is 1. The molecule has 2 aromatic heterocycles. The normalized spacial score (nSPS) is 10.7. The van der Waals surface area contributed by atoms with Crippen LogP contribution in [0.25, 0.3) is 0 Å². The van der Waals surface area contributed by atoms with E-state index in [2.05, 4.69) is 10.6 Å². The summed E-state index contributed by atoms with van der Waals surface area (Å²) in [4.78, 5) is 24.9. The average Bonchev–Trinajstić information content (AvgIpc) is 3.30. The van der Waals surface area contributed by atoms with Crippen molar-refractivity contribution in [3.63, 3.8) is 0 Å². The predicted octanol–water partition coefficient (Wildman–Crippen LogP) is 4.14. The van der Waals surface area contributed by atoms with E-state index >= 15 is 0 Å². The third-order valence-electron chi connectivity index (χ3n) is 4.63. The summed E-state index contributed by atoms with van der Waals surface area (Å²) < 4.78 is 7.46. The minimum Gasteiger partial charge on any atom is -0.467 e. The Balaban J connectivity index is 1.76. The first-order valence-electron chi connectivity index (χ1n) is 9.38. The minimum atomic E-state index is -0.204. The van der Waals surface area contributed by atoms with Crippen LogP contribution in [0.15, 0.2) is 53.1 Å². The van der Waals surface area contributed by atoms with E-state index in [0.717, 1.165) is 23.6 Å². The molecule has 0 aliphatic rings. The molecule has 1 aromatic carbocycles. The molecule has 0 aliphatic carbocycles. The van der Waals surface area contributed by atoms with E-state index in [9.17, 15) is 9.59 Å². The van der Waals surface area contributed by atoms with E-state index in [1.165, 1.54) is 0 Å². The third kappa shape index (κ3) is 4.34. The second kappa shape index (κ2) is 8.61. The van der Waals surface area contributed by atoms with Gasteiger partial charge in [-0.15, -0.1) is 0 Å². The molecule has 6 nitrogen and oxygen atoms in total. The molecule has 0 aliphatic heterocycles. The first-order chi connectivity index (χ1) is 13.5.